The van der Waals surface area contributed by atoms with Crippen molar-refractivity contribution in [2.24, 2.45) is 28.8 Å². The number of benzene rings is 2. The lowest BCUT2D eigenvalue weighted by Crippen LogP contribution is -2.29. The van der Waals surface area contributed by atoms with Gasteiger partial charge in [-0.05, 0) is 54.4 Å². The van der Waals surface area contributed by atoms with Crippen LogP contribution in [0.3, 0.4) is 0 Å². The number of halogens is 3. The van der Waals surface area contributed by atoms with Crippen LogP contribution in [0, 0.1) is 23.7 Å². The van der Waals surface area contributed by atoms with E-state index in [1.54, 1.807) is 18.2 Å². The van der Waals surface area contributed by atoms with Crippen molar-refractivity contribution in [1.29, 1.82) is 0 Å². The topological polar surface area (TPSA) is 49.7 Å². The van der Waals surface area contributed by atoms with E-state index in [0.717, 1.165) is 28.4 Å². The SMILES string of the molecule is O=C1[C@@H]2[C@@H]3CC(c4ccccc4Cl)[C@@H](C3)[C@@H]2C(=O)N1/N=C/c1ccc(Cl)cc1Cl. The number of amides is 2. The Labute approximate surface area is 183 Å². The second-order valence-corrected chi connectivity index (χ2v) is 9.22. The van der Waals surface area contributed by atoms with Crippen LogP contribution in [0.5, 0.6) is 0 Å². The minimum Gasteiger partial charge on any atom is -0.272 e. The molecule has 2 bridgehead atoms. The fourth-order valence-electron chi connectivity index (χ4n) is 5.42. The molecule has 2 aromatic carbocycles. The minimum absolute atomic E-state index is 0.126. The highest BCUT2D eigenvalue weighted by atomic mass is 35.5. The second kappa shape index (κ2) is 7.12. The highest BCUT2D eigenvalue weighted by Gasteiger charge is 2.64. The molecule has 0 radical (unpaired) electrons. The van der Waals surface area contributed by atoms with Crippen LogP contribution in [0.25, 0.3) is 0 Å². The molecule has 29 heavy (non-hydrogen) atoms. The molecule has 2 aliphatic carbocycles. The van der Waals surface area contributed by atoms with E-state index in [4.69, 9.17) is 34.8 Å². The number of hydrogen-bond acceptors (Lipinski definition) is 3. The Hall–Kier alpha value is -1.88. The van der Waals surface area contributed by atoms with E-state index in [2.05, 4.69) is 5.10 Å². The average Bonchev–Trinajstić information content (AvgIpc) is 3.34. The van der Waals surface area contributed by atoms with Gasteiger partial charge >= 0.3 is 0 Å². The molecule has 5 rings (SSSR count). The summed E-state index contributed by atoms with van der Waals surface area (Å²) in [5.74, 6) is -0.481. The van der Waals surface area contributed by atoms with Crippen LogP contribution in [0.2, 0.25) is 15.1 Å². The van der Waals surface area contributed by atoms with Crippen LogP contribution in [-0.4, -0.2) is 23.0 Å². The van der Waals surface area contributed by atoms with Crippen LogP contribution in [-0.2, 0) is 9.59 Å². The summed E-state index contributed by atoms with van der Waals surface area (Å²) >= 11 is 18.5. The van der Waals surface area contributed by atoms with E-state index in [9.17, 15) is 9.59 Å². The molecule has 148 valence electrons. The normalized spacial score (nSPS) is 30.6. The maximum Gasteiger partial charge on any atom is 0.254 e. The summed E-state index contributed by atoms with van der Waals surface area (Å²) < 4.78 is 0. The molecule has 5 atom stereocenters. The summed E-state index contributed by atoms with van der Waals surface area (Å²) in [6.45, 7) is 0. The van der Waals surface area contributed by atoms with Gasteiger partial charge in [0.05, 0.1) is 23.1 Å². The summed E-state index contributed by atoms with van der Waals surface area (Å²) in [5.41, 5.74) is 1.68. The average molecular weight is 448 g/mol. The molecular weight excluding hydrogens is 431 g/mol. The molecule has 0 spiro atoms. The standard InChI is InChI=1S/C22H17Cl3N2O2/c23-13-6-5-11(18(25)9-13)10-26-27-21(28)19-12-7-15(14-3-1-2-4-17(14)24)16(8-12)20(19)22(27)29/h1-6,9-10,12,15-16,19-20H,7-8H2/b26-10+/t12-,15?,16-,19-,20+/m1/s1. The van der Waals surface area contributed by atoms with Crippen LogP contribution < -0.4 is 0 Å². The maximum atomic E-state index is 13.1. The van der Waals surface area contributed by atoms with E-state index in [0.29, 0.717) is 15.6 Å². The first-order valence-corrected chi connectivity index (χ1v) is 10.7. The Bertz CT molecular complexity index is 1050. The lowest BCUT2D eigenvalue weighted by atomic mass is 9.73. The fourth-order valence-corrected chi connectivity index (χ4v) is 6.15. The number of hydrogen-bond donors (Lipinski definition) is 0. The Morgan fingerprint density at radius 3 is 2.45 bits per heavy atom. The van der Waals surface area contributed by atoms with E-state index in [-0.39, 0.29) is 41.4 Å². The van der Waals surface area contributed by atoms with Gasteiger partial charge in [-0.15, -0.1) is 0 Å². The fraction of sp³-hybridized carbons (Fsp3) is 0.318. The lowest BCUT2D eigenvalue weighted by molar-refractivity contribution is -0.140. The van der Waals surface area contributed by atoms with Gasteiger partial charge in [0, 0.05) is 15.6 Å². The van der Waals surface area contributed by atoms with Gasteiger partial charge in [0.25, 0.3) is 11.8 Å². The van der Waals surface area contributed by atoms with Gasteiger partial charge in [-0.1, -0.05) is 59.1 Å². The van der Waals surface area contributed by atoms with Crippen molar-refractivity contribution in [2.75, 3.05) is 0 Å². The number of carbonyl (C=O) groups is 2. The van der Waals surface area contributed by atoms with Gasteiger partial charge in [0.1, 0.15) is 0 Å². The third-order valence-corrected chi connectivity index (χ3v) is 7.48. The van der Waals surface area contributed by atoms with Crippen LogP contribution in [0.4, 0.5) is 0 Å². The van der Waals surface area contributed by atoms with Gasteiger partial charge in [-0.3, -0.25) is 9.59 Å². The molecule has 4 nitrogen and oxygen atoms in total. The first-order chi connectivity index (χ1) is 14.0. The van der Waals surface area contributed by atoms with E-state index in [1.807, 2.05) is 24.3 Å². The Morgan fingerprint density at radius 1 is 0.931 bits per heavy atom. The minimum atomic E-state index is -0.319. The third kappa shape index (κ3) is 3.00. The zero-order valence-corrected chi connectivity index (χ0v) is 17.5. The van der Waals surface area contributed by atoms with E-state index in [1.165, 1.54) is 6.21 Å². The number of imide groups is 1. The van der Waals surface area contributed by atoms with Crippen LogP contribution in [0.1, 0.15) is 29.9 Å². The number of fused-ring (bicyclic) bond motifs is 5. The molecule has 2 amide bonds. The first-order valence-electron chi connectivity index (χ1n) is 9.57. The van der Waals surface area contributed by atoms with Gasteiger partial charge in [-0.2, -0.15) is 10.1 Å². The van der Waals surface area contributed by atoms with E-state index >= 15 is 0 Å². The largest absolute Gasteiger partial charge is 0.272 e. The molecular formula is C22H17Cl3N2O2. The first kappa shape index (κ1) is 19.1. The van der Waals surface area contributed by atoms with Crippen molar-refractivity contribution < 1.29 is 9.59 Å². The molecule has 1 unspecified atom stereocenters. The highest BCUT2D eigenvalue weighted by molar-refractivity contribution is 6.36. The molecule has 3 fully saturated rings. The molecule has 1 heterocycles. The smallest absolute Gasteiger partial charge is 0.254 e. The zero-order chi connectivity index (χ0) is 20.3. The van der Waals surface area contributed by atoms with Crippen LogP contribution in [0.15, 0.2) is 47.6 Å². The Kier molecular flexibility index (Phi) is 4.69. The van der Waals surface area contributed by atoms with Crippen molar-refractivity contribution in [3.05, 3.63) is 68.7 Å². The molecule has 3 aliphatic rings. The maximum absolute atomic E-state index is 13.1. The molecule has 1 aliphatic heterocycles. The second-order valence-electron chi connectivity index (χ2n) is 7.97. The number of hydrazone groups is 1. The van der Waals surface area contributed by atoms with Crippen molar-refractivity contribution in [2.45, 2.75) is 18.8 Å². The van der Waals surface area contributed by atoms with Crippen molar-refractivity contribution >= 4 is 52.8 Å². The van der Waals surface area contributed by atoms with Crippen molar-refractivity contribution in [3.8, 4) is 0 Å². The molecule has 1 saturated heterocycles. The van der Waals surface area contributed by atoms with Gasteiger partial charge in [-0.25, -0.2) is 0 Å². The monoisotopic (exact) mass is 446 g/mol. The van der Waals surface area contributed by atoms with Gasteiger partial charge < -0.3 is 0 Å². The zero-order valence-electron chi connectivity index (χ0n) is 15.3. The quantitative estimate of drug-likeness (QED) is 0.467. The highest BCUT2D eigenvalue weighted by Crippen LogP contribution is 2.62. The Morgan fingerprint density at radius 2 is 1.69 bits per heavy atom. The van der Waals surface area contributed by atoms with E-state index < -0.39 is 0 Å². The Balaban J connectivity index is 1.41. The molecule has 7 heteroatoms. The van der Waals surface area contributed by atoms with Crippen LogP contribution >= 0.6 is 34.8 Å². The summed E-state index contributed by atoms with van der Waals surface area (Å²) in [7, 11) is 0. The molecule has 0 N–H and O–H groups in total. The molecule has 2 saturated carbocycles. The number of nitrogens with zero attached hydrogens (tertiary/aromatic N) is 2. The molecule has 2 aromatic rings. The van der Waals surface area contributed by atoms with Crippen molar-refractivity contribution in [1.82, 2.24) is 5.01 Å². The predicted molar refractivity (Wildman–Crippen MR) is 113 cm³/mol. The summed E-state index contributed by atoms with van der Waals surface area (Å²) in [6, 6.07) is 12.8. The van der Waals surface area contributed by atoms with Gasteiger partial charge in [0.2, 0.25) is 0 Å². The number of rotatable bonds is 3. The van der Waals surface area contributed by atoms with Crippen molar-refractivity contribution in [3.63, 3.8) is 0 Å². The number of carbonyl (C=O) groups excluding carboxylic acids is 2. The van der Waals surface area contributed by atoms with Gasteiger partial charge in [0.15, 0.2) is 0 Å². The lowest BCUT2D eigenvalue weighted by Gasteiger charge is -2.29. The summed E-state index contributed by atoms with van der Waals surface area (Å²) in [6.07, 6.45) is 3.22. The molecule has 0 aromatic heterocycles. The predicted octanol–water partition coefficient (Wildman–Crippen LogP) is 5.41. The third-order valence-electron chi connectivity index (χ3n) is 6.57. The summed E-state index contributed by atoms with van der Waals surface area (Å²) in [5, 5.41) is 6.89. The summed E-state index contributed by atoms with van der Waals surface area (Å²) in [4.78, 5) is 26.1.